The molecule has 2 rings (SSSR count). The zero-order chi connectivity index (χ0) is 10.3. The van der Waals surface area contributed by atoms with Crippen LogP contribution in [0.3, 0.4) is 0 Å². The largest absolute Gasteiger partial charge is 0.473 e. The van der Waals surface area contributed by atoms with Gasteiger partial charge in [0.1, 0.15) is 17.7 Å². The molecule has 2 heterocycles. The minimum atomic E-state index is -0.0964. The summed E-state index contributed by atoms with van der Waals surface area (Å²) in [6, 6.07) is 3.53. The van der Waals surface area contributed by atoms with Crippen LogP contribution in [0.4, 0.5) is 0 Å². The van der Waals surface area contributed by atoms with Crippen molar-refractivity contribution in [3.63, 3.8) is 0 Å². The molecule has 1 aromatic heterocycles. The zero-order valence-corrected chi connectivity index (χ0v) is 8.07. The Morgan fingerprint density at radius 3 is 3.07 bits per heavy atom. The maximum Gasteiger partial charge on any atom is 0.253 e. The Morgan fingerprint density at radius 1 is 1.71 bits per heavy atom. The Hall–Kier alpha value is -1.76. The molecule has 0 radical (unpaired) electrons. The highest BCUT2D eigenvalue weighted by atomic mass is 16.5. The Labute approximate surface area is 81.3 Å². The van der Waals surface area contributed by atoms with Crippen molar-refractivity contribution in [2.75, 3.05) is 0 Å². The maximum atomic E-state index is 11.5. The lowest BCUT2D eigenvalue weighted by atomic mass is 10.2. The van der Waals surface area contributed by atoms with E-state index in [0.29, 0.717) is 23.6 Å². The smallest absolute Gasteiger partial charge is 0.253 e. The minimum absolute atomic E-state index is 0.0309. The molecular formula is C10H10N2O2. The first-order chi connectivity index (χ1) is 6.63. The molecule has 72 valence electrons. The molecule has 4 nitrogen and oxygen atoms in total. The van der Waals surface area contributed by atoms with Gasteiger partial charge in [0.15, 0.2) is 0 Å². The molecule has 0 N–H and O–H groups in total. The zero-order valence-electron chi connectivity index (χ0n) is 8.07. The molecule has 0 amide bonds. The fourth-order valence-corrected chi connectivity index (χ4v) is 1.66. The molecule has 0 saturated heterocycles. The van der Waals surface area contributed by atoms with E-state index in [1.54, 1.807) is 6.92 Å². The number of ether oxygens (including phenoxy) is 1. The summed E-state index contributed by atoms with van der Waals surface area (Å²) in [5.41, 5.74) is 1.05. The topological polar surface area (TPSA) is 55.0 Å². The van der Waals surface area contributed by atoms with Crippen LogP contribution in [0, 0.1) is 18.3 Å². The van der Waals surface area contributed by atoms with Crippen molar-refractivity contribution in [3.05, 3.63) is 27.5 Å². The monoisotopic (exact) mass is 190 g/mol. The molecule has 0 aliphatic carbocycles. The number of hydrogen-bond donors (Lipinski definition) is 0. The SMILES string of the molecule is Cc1cc(=O)n2c(c1C#N)OC(C)C2. The van der Waals surface area contributed by atoms with Gasteiger partial charge in [-0.15, -0.1) is 0 Å². The second-order valence-corrected chi connectivity index (χ2v) is 3.50. The summed E-state index contributed by atoms with van der Waals surface area (Å²) in [4.78, 5) is 11.5. The van der Waals surface area contributed by atoms with Crippen molar-refractivity contribution in [2.45, 2.75) is 26.5 Å². The van der Waals surface area contributed by atoms with Gasteiger partial charge in [0.25, 0.3) is 5.56 Å². The molecule has 0 fully saturated rings. The number of nitrogens with zero attached hydrogens (tertiary/aromatic N) is 2. The van der Waals surface area contributed by atoms with Crippen LogP contribution in [-0.2, 0) is 6.54 Å². The number of aromatic nitrogens is 1. The van der Waals surface area contributed by atoms with Gasteiger partial charge in [-0.25, -0.2) is 0 Å². The molecule has 1 aromatic rings. The van der Waals surface area contributed by atoms with Crippen molar-refractivity contribution in [2.24, 2.45) is 0 Å². The number of hydrogen-bond acceptors (Lipinski definition) is 3. The number of nitriles is 1. The Morgan fingerprint density at radius 2 is 2.43 bits per heavy atom. The summed E-state index contributed by atoms with van der Waals surface area (Å²) in [6.07, 6.45) is -0.0309. The third-order valence-corrected chi connectivity index (χ3v) is 2.32. The van der Waals surface area contributed by atoms with Gasteiger partial charge in [0.2, 0.25) is 5.88 Å². The molecule has 0 bridgehead atoms. The molecule has 14 heavy (non-hydrogen) atoms. The first-order valence-electron chi connectivity index (χ1n) is 4.44. The first kappa shape index (κ1) is 8.82. The van der Waals surface area contributed by atoms with Crippen molar-refractivity contribution < 1.29 is 4.74 Å². The van der Waals surface area contributed by atoms with Crippen LogP contribution in [0.1, 0.15) is 18.1 Å². The van der Waals surface area contributed by atoms with Crippen molar-refractivity contribution in [1.82, 2.24) is 4.57 Å². The van der Waals surface area contributed by atoms with E-state index in [9.17, 15) is 4.79 Å². The van der Waals surface area contributed by atoms with Crippen LogP contribution in [-0.4, -0.2) is 10.7 Å². The van der Waals surface area contributed by atoms with Crippen molar-refractivity contribution >= 4 is 0 Å². The highest BCUT2D eigenvalue weighted by Gasteiger charge is 2.24. The second-order valence-electron chi connectivity index (χ2n) is 3.50. The lowest BCUT2D eigenvalue weighted by Gasteiger charge is -2.05. The van der Waals surface area contributed by atoms with Gasteiger partial charge in [0.05, 0.1) is 6.54 Å². The highest BCUT2D eigenvalue weighted by molar-refractivity contribution is 5.45. The van der Waals surface area contributed by atoms with E-state index in [4.69, 9.17) is 10.00 Å². The summed E-state index contributed by atoms with van der Waals surface area (Å²) in [7, 11) is 0. The van der Waals surface area contributed by atoms with E-state index < -0.39 is 0 Å². The molecule has 1 aliphatic heterocycles. The average molecular weight is 190 g/mol. The molecule has 0 spiro atoms. The van der Waals surface area contributed by atoms with Crippen molar-refractivity contribution in [1.29, 1.82) is 5.26 Å². The van der Waals surface area contributed by atoms with E-state index in [-0.39, 0.29) is 11.7 Å². The van der Waals surface area contributed by atoms with Gasteiger partial charge in [-0.3, -0.25) is 9.36 Å². The van der Waals surface area contributed by atoms with Crippen LogP contribution in [0.15, 0.2) is 10.9 Å². The third-order valence-electron chi connectivity index (χ3n) is 2.32. The summed E-state index contributed by atoms with van der Waals surface area (Å²) in [5.74, 6) is 0.421. The average Bonchev–Trinajstić information content (AvgIpc) is 2.48. The fourth-order valence-electron chi connectivity index (χ4n) is 1.66. The fraction of sp³-hybridized carbons (Fsp3) is 0.400. The molecule has 1 unspecified atom stereocenters. The van der Waals surface area contributed by atoms with Gasteiger partial charge in [-0.1, -0.05) is 0 Å². The molecule has 1 atom stereocenters. The van der Waals surface area contributed by atoms with Crippen molar-refractivity contribution in [3.8, 4) is 11.9 Å². The number of rotatable bonds is 0. The molecular weight excluding hydrogens is 180 g/mol. The molecule has 0 aromatic carbocycles. The van der Waals surface area contributed by atoms with Gasteiger partial charge in [-0.2, -0.15) is 5.26 Å². The van der Waals surface area contributed by atoms with Crippen LogP contribution >= 0.6 is 0 Å². The minimum Gasteiger partial charge on any atom is -0.473 e. The summed E-state index contributed by atoms with van der Waals surface area (Å²) in [6.45, 7) is 4.15. The highest BCUT2D eigenvalue weighted by Crippen LogP contribution is 2.25. The predicted octanol–water partition coefficient (Wildman–Crippen LogP) is 0.809. The van der Waals surface area contributed by atoms with E-state index in [1.807, 2.05) is 6.92 Å². The Kier molecular flexibility index (Phi) is 1.81. The Bertz CT molecular complexity index is 482. The Balaban J connectivity index is 2.74. The predicted molar refractivity (Wildman–Crippen MR) is 50.2 cm³/mol. The number of pyridine rings is 1. The number of aryl methyl sites for hydroxylation is 1. The lowest BCUT2D eigenvalue weighted by Crippen LogP contribution is -2.18. The molecule has 0 saturated carbocycles. The van der Waals surface area contributed by atoms with Crippen LogP contribution < -0.4 is 10.3 Å². The number of fused-ring (bicyclic) bond motifs is 1. The summed E-state index contributed by atoms with van der Waals surface area (Å²) >= 11 is 0. The van der Waals surface area contributed by atoms with Gasteiger partial charge >= 0.3 is 0 Å². The van der Waals surface area contributed by atoms with E-state index in [0.717, 1.165) is 0 Å². The van der Waals surface area contributed by atoms with Gasteiger partial charge < -0.3 is 4.74 Å². The summed E-state index contributed by atoms with van der Waals surface area (Å²) in [5, 5.41) is 8.91. The second kappa shape index (κ2) is 2.88. The van der Waals surface area contributed by atoms with Crippen LogP contribution in [0.25, 0.3) is 0 Å². The van der Waals surface area contributed by atoms with E-state index in [1.165, 1.54) is 10.6 Å². The quantitative estimate of drug-likeness (QED) is 0.608. The van der Waals surface area contributed by atoms with Gasteiger partial charge in [-0.05, 0) is 19.4 Å². The van der Waals surface area contributed by atoms with Gasteiger partial charge in [0, 0.05) is 6.07 Å². The van der Waals surface area contributed by atoms with Crippen LogP contribution in [0.2, 0.25) is 0 Å². The maximum absolute atomic E-state index is 11.5. The standard InChI is InChI=1S/C10H10N2O2/c1-6-3-9(13)12-5-7(2)14-10(12)8(6)4-11/h3,7H,5H2,1-2H3. The summed E-state index contributed by atoms with van der Waals surface area (Å²) < 4.78 is 6.94. The third kappa shape index (κ3) is 1.10. The molecule has 4 heteroatoms. The van der Waals surface area contributed by atoms with E-state index in [2.05, 4.69) is 6.07 Å². The first-order valence-corrected chi connectivity index (χ1v) is 4.44. The molecule has 1 aliphatic rings. The van der Waals surface area contributed by atoms with Crippen LogP contribution in [0.5, 0.6) is 5.88 Å². The van der Waals surface area contributed by atoms with E-state index >= 15 is 0 Å². The normalized spacial score (nSPS) is 18.5. The lowest BCUT2D eigenvalue weighted by molar-refractivity contribution is 0.253.